The van der Waals surface area contributed by atoms with Gasteiger partial charge in [-0.05, 0) is 31.9 Å². The second-order valence-corrected chi connectivity index (χ2v) is 5.88. The molecule has 0 spiro atoms. The second-order valence-electron chi connectivity index (χ2n) is 4.60. The van der Waals surface area contributed by atoms with Gasteiger partial charge in [0.2, 0.25) is 0 Å². The van der Waals surface area contributed by atoms with Gasteiger partial charge < -0.3 is 5.32 Å². The zero-order chi connectivity index (χ0) is 9.15. The van der Waals surface area contributed by atoms with Crippen LogP contribution in [0.5, 0.6) is 0 Å². The zero-order valence-corrected chi connectivity index (χ0v) is 9.46. The van der Waals surface area contributed by atoms with E-state index in [0.717, 1.165) is 6.04 Å². The van der Waals surface area contributed by atoms with Crippen molar-refractivity contribution in [1.29, 1.82) is 0 Å². The lowest BCUT2D eigenvalue weighted by Crippen LogP contribution is -2.45. The van der Waals surface area contributed by atoms with Crippen molar-refractivity contribution in [1.82, 2.24) is 5.32 Å². The van der Waals surface area contributed by atoms with E-state index in [9.17, 15) is 0 Å². The summed E-state index contributed by atoms with van der Waals surface area (Å²) >= 11 is 2.08. The Morgan fingerprint density at radius 3 is 2.38 bits per heavy atom. The molecule has 0 saturated heterocycles. The van der Waals surface area contributed by atoms with Gasteiger partial charge in [0.25, 0.3) is 0 Å². The Balaban J connectivity index is 1.71. The molecule has 0 heterocycles. The molecule has 2 heteroatoms. The molecule has 0 amide bonds. The number of hydrogen-bond acceptors (Lipinski definition) is 2. The fraction of sp³-hybridized carbons (Fsp3) is 1.00. The third-order valence-electron chi connectivity index (χ3n) is 3.77. The lowest BCUT2D eigenvalue weighted by molar-refractivity contribution is 0.330. The van der Waals surface area contributed by atoms with Crippen molar-refractivity contribution in [2.75, 3.05) is 12.8 Å². The van der Waals surface area contributed by atoms with E-state index in [4.69, 9.17) is 0 Å². The number of thioether (sulfide) groups is 1. The molecule has 2 saturated carbocycles. The lowest BCUT2D eigenvalue weighted by Gasteiger charge is -2.41. The van der Waals surface area contributed by atoms with Crippen LogP contribution in [-0.4, -0.2) is 23.6 Å². The molecule has 2 aliphatic carbocycles. The van der Waals surface area contributed by atoms with E-state index in [1.807, 2.05) is 0 Å². The monoisotopic (exact) mass is 199 g/mol. The zero-order valence-electron chi connectivity index (χ0n) is 8.64. The maximum atomic E-state index is 3.75. The highest BCUT2D eigenvalue weighted by atomic mass is 32.2. The van der Waals surface area contributed by atoms with Gasteiger partial charge in [-0.3, -0.25) is 0 Å². The average molecular weight is 199 g/mol. The molecular weight excluding hydrogens is 178 g/mol. The van der Waals surface area contributed by atoms with E-state index in [0.29, 0.717) is 4.75 Å². The third kappa shape index (κ3) is 2.21. The quantitative estimate of drug-likeness (QED) is 0.747. The topological polar surface area (TPSA) is 12.0 Å². The van der Waals surface area contributed by atoms with Gasteiger partial charge in [0.1, 0.15) is 0 Å². The summed E-state index contributed by atoms with van der Waals surface area (Å²) in [6.45, 7) is 1.26. The molecule has 76 valence electrons. The molecule has 0 aromatic rings. The van der Waals surface area contributed by atoms with Crippen LogP contribution in [0.3, 0.4) is 0 Å². The summed E-state index contributed by atoms with van der Waals surface area (Å²) in [5.74, 6) is 0. The highest BCUT2D eigenvalue weighted by Gasteiger charge is 2.36. The van der Waals surface area contributed by atoms with Gasteiger partial charge in [0.15, 0.2) is 0 Å². The minimum absolute atomic E-state index is 0.628. The van der Waals surface area contributed by atoms with Gasteiger partial charge >= 0.3 is 0 Å². The number of rotatable bonds is 4. The van der Waals surface area contributed by atoms with E-state index in [2.05, 4.69) is 23.3 Å². The first kappa shape index (κ1) is 9.85. The van der Waals surface area contributed by atoms with Crippen molar-refractivity contribution in [3.63, 3.8) is 0 Å². The van der Waals surface area contributed by atoms with Crippen molar-refractivity contribution in [2.45, 2.75) is 55.7 Å². The summed E-state index contributed by atoms with van der Waals surface area (Å²) in [5.41, 5.74) is 0. The molecule has 13 heavy (non-hydrogen) atoms. The third-order valence-corrected chi connectivity index (χ3v) is 5.18. The Morgan fingerprint density at radius 2 is 1.92 bits per heavy atom. The van der Waals surface area contributed by atoms with Crippen LogP contribution in [0.4, 0.5) is 0 Å². The molecule has 0 atom stereocenters. The Kier molecular flexibility index (Phi) is 3.20. The van der Waals surface area contributed by atoms with Gasteiger partial charge in [0.05, 0.1) is 0 Å². The van der Waals surface area contributed by atoms with Crippen molar-refractivity contribution in [2.24, 2.45) is 0 Å². The maximum Gasteiger partial charge on any atom is 0.0281 e. The van der Waals surface area contributed by atoms with Crippen LogP contribution in [-0.2, 0) is 0 Å². The molecule has 0 radical (unpaired) electrons. The van der Waals surface area contributed by atoms with Crippen LogP contribution in [0.15, 0.2) is 0 Å². The van der Waals surface area contributed by atoms with Crippen LogP contribution in [0, 0.1) is 0 Å². The van der Waals surface area contributed by atoms with Crippen LogP contribution in [0.25, 0.3) is 0 Å². The standard InChI is InChI=1S/C11H21NS/c1-13-11(7-4-8-11)9-12-10-5-2-3-6-10/h10,12H,2-9H2,1H3. The molecule has 0 aliphatic heterocycles. The molecule has 2 aliphatic rings. The van der Waals surface area contributed by atoms with Crippen LogP contribution >= 0.6 is 11.8 Å². The summed E-state index contributed by atoms with van der Waals surface area (Å²) in [5, 5.41) is 3.75. The minimum atomic E-state index is 0.628. The minimum Gasteiger partial charge on any atom is -0.313 e. The first-order valence-corrected chi connectivity index (χ1v) is 6.86. The molecule has 0 bridgehead atoms. The Bertz CT molecular complexity index is 154. The predicted molar refractivity (Wildman–Crippen MR) is 60.4 cm³/mol. The predicted octanol–water partition coefficient (Wildman–Crippen LogP) is 2.80. The smallest absolute Gasteiger partial charge is 0.0281 e. The molecule has 1 N–H and O–H groups in total. The normalized spacial score (nSPS) is 27.5. The number of hydrogen-bond donors (Lipinski definition) is 1. The fourth-order valence-corrected chi connectivity index (χ4v) is 3.41. The van der Waals surface area contributed by atoms with E-state index in [1.165, 1.54) is 51.5 Å². The fourth-order valence-electron chi connectivity index (χ4n) is 2.48. The van der Waals surface area contributed by atoms with Gasteiger partial charge in [-0.15, -0.1) is 0 Å². The summed E-state index contributed by atoms with van der Waals surface area (Å²) in [6, 6.07) is 0.852. The van der Waals surface area contributed by atoms with Crippen molar-refractivity contribution < 1.29 is 0 Å². The summed E-state index contributed by atoms with van der Waals surface area (Å²) in [4.78, 5) is 0. The molecule has 0 unspecified atom stereocenters. The molecular formula is C11H21NS. The Labute approximate surface area is 86.0 Å². The summed E-state index contributed by atoms with van der Waals surface area (Å²) in [7, 11) is 0. The maximum absolute atomic E-state index is 3.75. The molecule has 2 rings (SSSR count). The van der Waals surface area contributed by atoms with Gasteiger partial charge in [-0.25, -0.2) is 0 Å². The lowest BCUT2D eigenvalue weighted by atomic mass is 9.84. The second kappa shape index (κ2) is 4.22. The first-order valence-electron chi connectivity index (χ1n) is 5.63. The van der Waals surface area contributed by atoms with Crippen LogP contribution in [0.1, 0.15) is 44.9 Å². The highest BCUT2D eigenvalue weighted by molar-refractivity contribution is 8.00. The SMILES string of the molecule is CSC1(CNC2CCCC2)CCC1. The number of nitrogens with one attached hydrogen (secondary N) is 1. The summed E-state index contributed by atoms with van der Waals surface area (Å²) < 4.78 is 0.628. The van der Waals surface area contributed by atoms with Crippen molar-refractivity contribution in [3.05, 3.63) is 0 Å². The van der Waals surface area contributed by atoms with Crippen molar-refractivity contribution in [3.8, 4) is 0 Å². The largest absolute Gasteiger partial charge is 0.313 e. The van der Waals surface area contributed by atoms with E-state index in [1.54, 1.807) is 0 Å². The van der Waals surface area contributed by atoms with E-state index >= 15 is 0 Å². The Hall–Kier alpha value is 0.310. The van der Waals surface area contributed by atoms with Gasteiger partial charge in [-0.1, -0.05) is 19.3 Å². The van der Waals surface area contributed by atoms with E-state index < -0.39 is 0 Å². The average Bonchev–Trinajstić information content (AvgIpc) is 2.56. The van der Waals surface area contributed by atoms with Crippen LogP contribution in [0.2, 0.25) is 0 Å². The van der Waals surface area contributed by atoms with Crippen LogP contribution < -0.4 is 5.32 Å². The molecule has 1 nitrogen and oxygen atoms in total. The van der Waals surface area contributed by atoms with Crippen molar-refractivity contribution >= 4 is 11.8 Å². The van der Waals surface area contributed by atoms with Gasteiger partial charge in [-0.2, -0.15) is 11.8 Å². The molecule has 0 aromatic heterocycles. The van der Waals surface area contributed by atoms with E-state index in [-0.39, 0.29) is 0 Å². The Morgan fingerprint density at radius 1 is 1.23 bits per heavy atom. The van der Waals surface area contributed by atoms with Gasteiger partial charge in [0, 0.05) is 17.3 Å². The molecule has 2 fully saturated rings. The first-order chi connectivity index (χ1) is 6.35. The molecule has 0 aromatic carbocycles. The highest BCUT2D eigenvalue weighted by Crippen LogP contribution is 2.42. The summed E-state index contributed by atoms with van der Waals surface area (Å²) in [6.07, 6.45) is 12.3.